The molecule has 0 N–H and O–H groups in total. The first kappa shape index (κ1) is 29.5. The molecule has 0 bridgehead atoms. The SMILES string of the molecule is CCCC1=C(C(=O)OCC)[C@H](c2cc(Cl)ccc2OC)n2c(s/c(=C\c3ccc(N4CCCC4)c([N+](=O)[O-])c3)c2=O)=N1. The summed E-state index contributed by atoms with van der Waals surface area (Å²) >= 11 is 7.56. The van der Waals surface area contributed by atoms with E-state index in [0.29, 0.717) is 55.5 Å². The van der Waals surface area contributed by atoms with Crippen LogP contribution in [-0.2, 0) is 9.53 Å². The molecule has 0 radical (unpaired) electrons. The van der Waals surface area contributed by atoms with E-state index in [4.69, 9.17) is 26.1 Å². The fourth-order valence-corrected chi connectivity index (χ4v) is 6.69. The predicted molar refractivity (Wildman–Crippen MR) is 162 cm³/mol. The molecular formula is C30H31ClN4O6S. The summed E-state index contributed by atoms with van der Waals surface area (Å²) < 4.78 is 12.9. The van der Waals surface area contributed by atoms with Crippen LogP contribution in [0.25, 0.3) is 6.08 Å². The maximum absolute atomic E-state index is 14.1. The van der Waals surface area contributed by atoms with Crippen LogP contribution in [0.5, 0.6) is 5.75 Å². The van der Waals surface area contributed by atoms with Gasteiger partial charge in [-0.25, -0.2) is 9.79 Å². The maximum Gasteiger partial charge on any atom is 0.338 e. The largest absolute Gasteiger partial charge is 0.496 e. The van der Waals surface area contributed by atoms with E-state index >= 15 is 0 Å². The Balaban J connectivity index is 1.73. The quantitative estimate of drug-likeness (QED) is 0.195. The molecule has 42 heavy (non-hydrogen) atoms. The Morgan fingerprint density at radius 2 is 1.98 bits per heavy atom. The third kappa shape index (κ3) is 5.58. The van der Waals surface area contributed by atoms with Crippen LogP contribution in [0.15, 0.2) is 57.5 Å². The third-order valence-corrected chi connectivity index (χ3v) is 8.54. The number of halogens is 1. The molecule has 2 aliphatic rings. The molecule has 0 amide bonds. The number of carbonyl (C=O) groups excluding carboxylic acids is 1. The molecular weight excluding hydrogens is 580 g/mol. The molecule has 1 fully saturated rings. The molecule has 1 saturated heterocycles. The van der Waals surface area contributed by atoms with E-state index in [-0.39, 0.29) is 22.8 Å². The number of fused-ring (bicyclic) bond motifs is 1. The number of rotatable bonds is 9. The van der Waals surface area contributed by atoms with Crippen molar-refractivity contribution in [3.8, 4) is 5.75 Å². The smallest absolute Gasteiger partial charge is 0.338 e. The Kier molecular flexibility index (Phi) is 8.79. The fourth-order valence-electron chi connectivity index (χ4n) is 5.49. The van der Waals surface area contributed by atoms with Gasteiger partial charge in [-0.3, -0.25) is 19.5 Å². The van der Waals surface area contributed by atoms with Crippen molar-refractivity contribution in [1.29, 1.82) is 0 Å². The van der Waals surface area contributed by atoms with Crippen molar-refractivity contribution >= 4 is 46.4 Å². The van der Waals surface area contributed by atoms with Gasteiger partial charge in [-0.1, -0.05) is 42.3 Å². The summed E-state index contributed by atoms with van der Waals surface area (Å²) in [5, 5.41) is 12.4. The number of allylic oxidation sites excluding steroid dienone is 1. The first-order chi connectivity index (χ1) is 20.3. The van der Waals surface area contributed by atoms with Gasteiger partial charge in [0.1, 0.15) is 17.5 Å². The van der Waals surface area contributed by atoms with Crippen molar-refractivity contribution in [3.05, 3.63) is 93.6 Å². The van der Waals surface area contributed by atoms with E-state index in [2.05, 4.69) is 0 Å². The number of esters is 1. The van der Waals surface area contributed by atoms with Crippen LogP contribution in [-0.4, -0.2) is 42.3 Å². The standard InChI is InChI=1S/C30H31ClN4O6S/c1-4-8-21-26(29(37)41-5-2)27(20-17-19(31)10-12-24(20)40-3)34-28(36)25(42-30(34)32-21)16-18-9-11-22(23(15-18)35(38)39)33-13-6-7-14-33/h9-12,15-17,27H,4-8,13-14H2,1-3H3/b25-16-/t27-/m0/s1. The lowest BCUT2D eigenvalue weighted by Crippen LogP contribution is -2.40. The molecule has 1 aromatic heterocycles. The molecule has 220 valence electrons. The minimum absolute atomic E-state index is 0.00482. The number of nitro benzene ring substituents is 1. The lowest BCUT2D eigenvalue weighted by atomic mass is 9.93. The van der Waals surface area contributed by atoms with Crippen LogP contribution < -0.4 is 24.5 Å². The van der Waals surface area contributed by atoms with Crippen LogP contribution in [0.2, 0.25) is 5.02 Å². The zero-order valence-corrected chi connectivity index (χ0v) is 25.2. The van der Waals surface area contributed by atoms with Crippen molar-refractivity contribution in [2.45, 2.75) is 45.6 Å². The minimum Gasteiger partial charge on any atom is -0.496 e. The average molecular weight is 611 g/mol. The number of thiazole rings is 1. The van der Waals surface area contributed by atoms with Gasteiger partial charge in [0.2, 0.25) is 0 Å². The summed E-state index contributed by atoms with van der Waals surface area (Å²) in [5.74, 6) is -0.120. The molecule has 2 aromatic carbocycles. The Hall–Kier alpha value is -3.96. The van der Waals surface area contributed by atoms with E-state index < -0.39 is 17.6 Å². The highest BCUT2D eigenvalue weighted by atomic mass is 35.5. The van der Waals surface area contributed by atoms with E-state index in [1.54, 1.807) is 43.3 Å². The number of methoxy groups -OCH3 is 1. The highest BCUT2D eigenvalue weighted by Crippen LogP contribution is 2.38. The van der Waals surface area contributed by atoms with Gasteiger partial charge >= 0.3 is 5.97 Å². The van der Waals surface area contributed by atoms with Crippen molar-refractivity contribution in [2.75, 3.05) is 31.7 Å². The van der Waals surface area contributed by atoms with Gasteiger partial charge in [0.25, 0.3) is 11.2 Å². The first-order valence-electron chi connectivity index (χ1n) is 13.9. The van der Waals surface area contributed by atoms with E-state index in [0.717, 1.165) is 37.3 Å². The summed E-state index contributed by atoms with van der Waals surface area (Å²) in [7, 11) is 1.51. The Morgan fingerprint density at radius 1 is 1.21 bits per heavy atom. The Morgan fingerprint density at radius 3 is 2.64 bits per heavy atom. The summed E-state index contributed by atoms with van der Waals surface area (Å²) in [6.45, 7) is 5.39. The average Bonchev–Trinajstić information content (AvgIpc) is 3.61. The number of nitro groups is 1. The second-order valence-electron chi connectivity index (χ2n) is 10.00. The fraction of sp³-hybridized carbons (Fsp3) is 0.367. The monoisotopic (exact) mass is 610 g/mol. The summed E-state index contributed by atoms with van der Waals surface area (Å²) in [6.07, 6.45) is 4.81. The molecule has 3 heterocycles. The zero-order valence-electron chi connectivity index (χ0n) is 23.6. The lowest BCUT2D eigenvalue weighted by molar-refractivity contribution is -0.384. The third-order valence-electron chi connectivity index (χ3n) is 7.32. The number of benzene rings is 2. The van der Waals surface area contributed by atoms with Crippen molar-refractivity contribution in [3.63, 3.8) is 0 Å². The molecule has 1 atom stereocenters. The number of carbonyl (C=O) groups is 1. The second kappa shape index (κ2) is 12.5. The topological polar surface area (TPSA) is 116 Å². The van der Waals surface area contributed by atoms with Crippen molar-refractivity contribution < 1.29 is 19.2 Å². The van der Waals surface area contributed by atoms with Gasteiger partial charge in [-0.15, -0.1) is 0 Å². The van der Waals surface area contributed by atoms with E-state index in [1.807, 2.05) is 11.8 Å². The van der Waals surface area contributed by atoms with Gasteiger partial charge in [-0.05, 0) is 62.1 Å². The van der Waals surface area contributed by atoms with E-state index in [9.17, 15) is 19.7 Å². The summed E-state index contributed by atoms with van der Waals surface area (Å²) in [6, 6.07) is 9.16. The molecule has 2 aliphatic heterocycles. The van der Waals surface area contributed by atoms with Crippen LogP contribution in [0, 0.1) is 10.1 Å². The number of aromatic nitrogens is 1. The van der Waals surface area contributed by atoms with Gasteiger partial charge in [0, 0.05) is 29.7 Å². The molecule has 0 saturated carbocycles. The Bertz CT molecular complexity index is 1760. The minimum atomic E-state index is -0.899. The van der Waals surface area contributed by atoms with Crippen LogP contribution in [0.1, 0.15) is 56.7 Å². The molecule has 12 heteroatoms. The van der Waals surface area contributed by atoms with Crippen molar-refractivity contribution in [2.24, 2.45) is 4.99 Å². The van der Waals surface area contributed by atoms with Crippen molar-refractivity contribution in [1.82, 2.24) is 4.57 Å². The number of nitrogens with zero attached hydrogens (tertiary/aromatic N) is 4. The number of hydrogen-bond acceptors (Lipinski definition) is 9. The summed E-state index contributed by atoms with van der Waals surface area (Å²) in [4.78, 5) is 46.2. The van der Waals surface area contributed by atoms with Crippen LogP contribution >= 0.6 is 22.9 Å². The molecule has 0 unspecified atom stereocenters. The highest BCUT2D eigenvalue weighted by Gasteiger charge is 2.36. The highest BCUT2D eigenvalue weighted by molar-refractivity contribution is 7.07. The van der Waals surface area contributed by atoms with Crippen LogP contribution in [0.4, 0.5) is 11.4 Å². The number of ether oxygens (including phenoxy) is 2. The number of anilines is 1. The number of hydrogen-bond donors (Lipinski definition) is 0. The zero-order chi connectivity index (χ0) is 30.0. The van der Waals surface area contributed by atoms with Crippen LogP contribution in [0.3, 0.4) is 0 Å². The normalized spacial score (nSPS) is 16.8. The van der Waals surface area contributed by atoms with Gasteiger partial charge in [0.15, 0.2) is 4.80 Å². The second-order valence-corrected chi connectivity index (χ2v) is 11.4. The summed E-state index contributed by atoms with van der Waals surface area (Å²) in [5.41, 5.74) is 2.00. The molecule has 10 nitrogen and oxygen atoms in total. The first-order valence-corrected chi connectivity index (χ1v) is 15.1. The molecule has 0 spiro atoms. The molecule has 5 rings (SSSR count). The Labute approximate surface area is 251 Å². The molecule has 0 aliphatic carbocycles. The van der Waals surface area contributed by atoms with Gasteiger partial charge < -0.3 is 14.4 Å². The van der Waals surface area contributed by atoms with E-state index in [1.165, 1.54) is 17.7 Å². The van der Waals surface area contributed by atoms with Gasteiger partial charge in [0.05, 0.1) is 34.4 Å². The molecule has 3 aromatic rings. The lowest BCUT2D eigenvalue weighted by Gasteiger charge is -2.27. The predicted octanol–water partition coefficient (Wildman–Crippen LogP) is 4.75. The van der Waals surface area contributed by atoms with Gasteiger partial charge in [-0.2, -0.15) is 0 Å². The maximum atomic E-state index is 14.1.